The summed E-state index contributed by atoms with van der Waals surface area (Å²) in [5.74, 6) is -0.235. The maximum Gasteiger partial charge on any atom is 0.264 e. The van der Waals surface area contributed by atoms with E-state index in [9.17, 15) is 18.0 Å². The molecule has 0 aliphatic rings. The first-order valence-electron chi connectivity index (χ1n) is 11.8. The van der Waals surface area contributed by atoms with Crippen LogP contribution >= 0.6 is 0 Å². The molecule has 3 aromatic rings. The number of ether oxygens (including phenoxy) is 1. The van der Waals surface area contributed by atoms with Gasteiger partial charge in [-0.3, -0.25) is 13.9 Å². The normalized spacial score (nSPS) is 11.0. The first-order chi connectivity index (χ1) is 17.3. The van der Waals surface area contributed by atoms with E-state index in [0.29, 0.717) is 42.4 Å². The van der Waals surface area contributed by atoms with Gasteiger partial charge in [-0.05, 0) is 69.3 Å². The Bertz CT molecular complexity index is 1270. The second-order valence-electron chi connectivity index (χ2n) is 7.82. The number of nitrogens with zero attached hydrogens (tertiary/aromatic N) is 2. The molecule has 0 saturated heterocycles. The van der Waals surface area contributed by atoms with Gasteiger partial charge in [-0.2, -0.15) is 0 Å². The van der Waals surface area contributed by atoms with Crippen molar-refractivity contribution in [2.45, 2.75) is 25.7 Å². The minimum absolute atomic E-state index is 0.0275. The van der Waals surface area contributed by atoms with E-state index >= 15 is 0 Å². The molecule has 0 radical (unpaired) electrons. The van der Waals surface area contributed by atoms with E-state index in [4.69, 9.17) is 4.74 Å². The van der Waals surface area contributed by atoms with Gasteiger partial charge >= 0.3 is 0 Å². The summed E-state index contributed by atoms with van der Waals surface area (Å²) in [5.41, 5.74) is 1.01. The molecule has 0 unspecified atom stereocenters. The Hall–Kier alpha value is -3.85. The minimum Gasteiger partial charge on any atom is -0.494 e. The number of rotatable bonds is 11. The van der Waals surface area contributed by atoms with Crippen LogP contribution in [0.2, 0.25) is 0 Å². The summed E-state index contributed by atoms with van der Waals surface area (Å²) >= 11 is 0. The maximum absolute atomic E-state index is 13.6. The average molecular weight is 510 g/mol. The van der Waals surface area contributed by atoms with Crippen LogP contribution < -0.4 is 14.4 Å². The van der Waals surface area contributed by atoms with Crippen molar-refractivity contribution in [3.8, 4) is 5.75 Å². The lowest BCUT2D eigenvalue weighted by Gasteiger charge is -2.25. The molecule has 0 saturated carbocycles. The zero-order valence-electron chi connectivity index (χ0n) is 20.7. The van der Waals surface area contributed by atoms with Gasteiger partial charge in [0.2, 0.25) is 5.91 Å². The van der Waals surface area contributed by atoms with E-state index in [1.54, 1.807) is 71.6 Å². The lowest BCUT2D eigenvalue weighted by Crippen LogP contribution is -2.38. The van der Waals surface area contributed by atoms with Crippen molar-refractivity contribution in [1.29, 1.82) is 0 Å². The van der Waals surface area contributed by atoms with Crippen LogP contribution in [-0.2, 0) is 14.8 Å². The molecule has 9 heteroatoms. The van der Waals surface area contributed by atoms with Crippen LogP contribution in [0.15, 0.2) is 83.8 Å². The molecule has 0 atom stereocenters. The molecule has 0 spiro atoms. The first kappa shape index (κ1) is 26.7. The number of anilines is 2. The number of para-hydroxylation sites is 2. The van der Waals surface area contributed by atoms with Gasteiger partial charge in [0.1, 0.15) is 12.3 Å². The van der Waals surface area contributed by atoms with Crippen molar-refractivity contribution >= 4 is 33.2 Å². The van der Waals surface area contributed by atoms with Gasteiger partial charge < -0.3 is 15.0 Å². The van der Waals surface area contributed by atoms with Gasteiger partial charge in [0.15, 0.2) is 0 Å². The van der Waals surface area contributed by atoms with E-state index in [0.717, 1.165) is 4.31 Å². The molecule has 2 amide bonds. The summed E-state index contributed by atoms with van der Waals surface area (Å²) in [6.07, 6.45) is 0. The van der Waals surface area contributed by atoms with Crippen LogP contribution in [0, 0.1) is 0 Å². The molecule has 0 aliphatic heterocycles. The molecule has 0 aliphatic carbocycles. The molecule has 36 heavy (non-hydrogen) atoms. The fourth-order valence-corrected chi connectivity index (χ4v) is 5.11. The molecular weight excluding hydrogens is 478 g/mol. The largest absolute Gasteiger partial charge is 0.494 e. The highest BCUT2D eigenvalue weighted by molar-refractivity contribution is 7.92. The van der Waals surface area contributed by atoms with Gasteiger partial charge in [-0.15, -0.1) is 0 Å². The maximum atomic E-state index is 13.6. The highest BCUT2D eigenvalue weighted by atomic mass is 32.2. The Morgan fingerprint density at radius 1 is 0.833 bits per heavy atom. The Morgan fingerprint density at radius 3 is 2.06 bits per heavy atom. The van der Waals surface area contributed by atoms with E-state index < -0.39 is 22.5 Å². The van der Waals surface area contributed by atoms with Crippen LogP contribution in [0.1, 0.15) is 31.1 Å². The standard InChI is InChI=1S/C27H31N3O5S/c1-4-29(5-2)27(32)24-14-10-11-15-25(24)28-26(31)20-30(21-12-8-7-9-13-21)36(33,34)23-18-16-22(17-19-23)35-6-3/h7-19H,4-6,20H2,1-3H3,(H,28,31). The molecule has 1 N–H and O–H groups in total. The van der Waals surface area contributed by atoms with Gasteiger partial charge in [-0.25, -0.2) is 8.42 Å². The van der Waals surface area contributed by atoms with E-state index in [-0.39, 0.29) is 10.8 Å². The quantitative estimate of drug-likeness (QED) is 0.413. The Labute approximate surface area is 212 Å². The molecule has 3 aromatic carbocycles. The minimum atomic E-state index is -4.08. The second kappa shape index (κ2) is 12.2. The second-order valence-corrected chi connectivity index (χ2v) is 9.69. The molecule has 190 valence electrons. The fraction of sp³-hybridized carbons (Fsp3) is 0.259. The van der Waals surface area contributed by atoms with Crippen molar-refractivity contribution in [2.75, 3.05) is 35.9 Å². The Kier molecular flexibility index (Phi) is 9.08. The van der Waals surface area contributed by atoms with Crippen LogP contribution in [0.5, 0.6) is 5.75 Å². The molecular formula is C27H31N3O5S. The van der Waals surface area contributed by atoms with Crippen molar-refractivity contribution < 1.29 is 22.7 Å². The van der Waals surface area contributed by atoms with E-state index in [1.807, 2.05) is 20.8 Å². The van der Waals surface area contributed by atoms with Crippen LogP contribution in [-0.4, -0.2) is 51.4 Å². The number of benzene rings is 3. The van der Waals surface area contributed by atoms with Gasteiger partial charge in [-0.1, -0.05) is 30.3 Å². The summed E-state index contributed by atoms with van der Waals surface area (Å²) < 4.78 is 33.6. The number of nitrogens with one attached hydrogen (secondary N) is 1. The summed E-state index contributed by atoms with van der Waals surface area (Å²) in [4.78, 5) is 27.7. The highest BCUT2D eigenvalue weighted by Crippen LogP contribution is 2.25. The van der Waals surface area contributed by atoms with Gasteiger partial charge in [0, 0.05) is 13.1 Å². The van der Waals surface area contributed by atoms with Crippen LogP contribution in [0.3, 0.4) is 0 Å². The van der Waals surface area contributed by atoms with Gasteiger partial charge in [0.05, 0.1) is 28.4 Å². The van der Waals surface area contributed by atoms with E-state index in [1.165, 1.54) is 12.1 Å². The van der Waals surface area contributed by atoms with Crippen LogP contribution in [0.25, 0.3) is 0 Å². The third-order valence-corrected chi connectivity index (χ3v) is 7.32. The number of hydrogen-bond acceptors (Lipinski definition) is 5. The third kappa shape index (κ3) is 6.23. The van der Waals surface area contributed by atoms with Crippen molar-refractivity contribution in [2.24, 2.45) is 0 Å². The Balaban J connectivity index is 1.90. The lowest BCUT2D eigenvalue weighted by atomic mass is 10.1. The first-order valence-corrected chi connectivity index (χ1v) is 13.2. The average Bonchev–Trinajstić information content (AvgIpc) is 2.89. The van der Waals surface area contributed by atoms with Crippen molar-refractivity contribution in [1.82, 2.24) is 4.90 Å². The zero-order valence-corrected chi connectivity index (χ0v) is 21.5. The lowest BCUT2D eigenvalue weighted by molar-refractivity contribution is -0.114. The predicted molar refractivity (Wildman–Crippen MR) is 141 cm³/mol. The zero-order chi connectivity index (χ0) is 26.1. The summed E-state index contributed by atoms with van der Waals surface area (Å²) in [6.45, 7) is 6.64. The predicted octanol–water partition coefficient (Wildman–Crippen LogP) is 4.40. The number of amides is 2. The number of carbonyl (C=O) groups is 2. The third-order valence-electron chi connectivity index (χ3n) is 5.54. The smallest absolute Gasteiger partial charge is 0.264 e. The molecule has 3 rings (SSSR count). The molecule has 0 fully saturated rings. The monoisotopic (exact) mass is 509 g/mol. The topological polar surface area (TPSA) is 96.0 Å². The van der Waals surface area contributed by atoms with Gasteiger partial charge in [0.25, 0.3) is 15.9 Å². The number of carbonyl (C=O) groups excluding carboxylic acids is 2. The number of sulfonamides is 1. The summed E-state index contributed by atoms with van der Waals surface area (Å²) in [6, 6.07) is 21.2. The molecule has 8 nitrogen and oxygen atoms in total. The van der Waals surface area contributed by atoms with E-state index in [2.05, 4.69) is 5.32 Å². The highest BCUT2D eigenvalue weighted by Gasteiger charge is 2.28. The summed E-state index contributed by atoms with van der Waals surface area (Å²) in [7, 11) is -4.08. The SMILES string of the molecule is CCOc1ccc(S(=O)(=O)N(CC(=O)Nc2ccccc2C(=O)N(CC)CC)c2ccccc2)cc1. The van der Waals surface area contributed by atoms with Crippen LogP contribution in [0.4, 0.5) is 11.4 Å². The molecule has 0 bridgehead atoms. The van der Waals surface area contributed by atoms with Crippen molar-refractivity contribution in [3.05, 3.63) is 84.4 Å². The van der Waals surface area contributed by atoms with Crippen molar-refractivity contribution in [3.63, 3.8) is 0 Å². The molecule has 0 heterocycles. The Morgan fingerprint density at radius 2 is 1.44 bits per heavy atom. The molecule has 0 aromatic heterocycles. The fourth-order valence-electron chi connectivity index (χ4n) is 3.69. The summed E-state index contributed by atoms with van der Waals surface area (Å²) in [5, 5.41) is 2.73. The number of hydrogen-bond donors (Lipinski definition) is 1.